The molecule has 0 bridgehead atoms. The molecular weight excluding hydrogens is 261 g/mol. The number of carbonyl (C=O) groups is 1. The lowest BCUT2D eigenvalue weighted by Gasteiger charge is -2.42. The summed E-state index contributed by atoms with van der Waals surface area (Å²) in [5.74, 6) is -0.377. The fraction of sp³-hybridized carbons (Fsp3) is 0.714. The van der Waals surface area contributed by atoms with Crippen LogP contribution >= 0.6 is 0 Å². The summed E-state index contributed by atoms with van der Waals surface area (Å²) in [7, 11) is 3.45. The van der Waals surface area contributed by atoms with E-state index >= 15 is 0 Å². The molecule has 0 N–H and O–H groups in total. The van der Waals surface area contributed by atoms with Crippen LogP contribution in [-0.4, -0.2) is 46.5 Å². The highest BCUT2D eigenvalue weighted by Gasteiger charge is 2.49. The molecular formula is C14H20FN3O2. The van der Waals surface area contributed by atoms with E-state index in [1.165, 1.54) is 0 Å². The average Bonchev–Trinajstić information content (AvgIpc) is 2.78. The van der Waals surface area contributed by atoms with E-state index in [9.17, 15) is 9.18 Å². The summed E-state index contributed by atoms with van der Waals surface area (Å²) in [6.07, 6.45) is 4.04. The van der Waals surface area contributed by atoms with Crippen LogP contribution in [0.15, 0.2) is 6.20 Å². The molecule has 1 atom stereocenters. The molecule has 1 aromatic rings. The third kappa shape index (κ3) is 1.93. The fourth-order valence-electron chi connectivity index (χ4n) is 3.19. The molecule has 2 aliphatic rings. The number of fused-ring (bicyclic) bond motifs is 1. The van der Waals surface area contributed by atoms with Crippen LogP contribution in [0.5, 0.6) is 0 Å². The van der Waals surface area contributed by atoms with Crippen molar-refractivity contribution in [2.45, 2.75) is 37.4 Å². The van der Waals surface area contributed by atoms with Crippen LogP contribution in [0.3, 0.4) is 0 Å². The number of aryl methyl sites for hydroxylation is 1. The zero-order chi connectivity index (χ0) is 14.3. The summed E-state index contributed by atoms with van der Waals surface area (Å²) in [5, 5.41) is 4.25. The number of methoxy groups -OCH3 is 1. The van der Waals surface area contributed by atoms with Crippen LogP contribution in [0.2, 0.25) is 0 Å². The number of halogens is 1. The molecule has 1 saturated carbocycles. The maximum Gasteiger partial charge on any atom is 0.260 e. The molecule has 0 spiro atoms. The number of hydrogen-bond acceptors (Lipinski definition) is 3. The largest absolute Gasteiger partial charge is 0.382 e. The first-order chi connectivity index (χ1) is 9.57. The van der Waals surface area contributed by atoms with Gasteiger partial charge in [0.15, 0.2) is 5.67 Å². The number of ether oxygens (including phenoxy) is 1. The smallest absolute Gasteiger partial charge is 0.260 e. The number of alkyl halides is 1. The summed E-state index contributed by atoms with van der Waals surface area (Å²) in [6.45, 7) is 0.908. The highest BCUT2D eigenvalue weighted by atomic mass is 19.1. The zero-order valence-electron chi connectivity index (χ0n) is 11.9. The highest BCUT2D eigenvalue weighted by Crippen LogP contribution is 2.40. The molecule has 3 rings (SSSR count). The summed E-state index contributed by atoms with van der Waals surface area (Å²) in [6, 6.07) is -0.239. The lowest BCUT2D eigenvalue weighted by atomic mass is 9.80. The Kier molecular flexibility index (Phi) is 3.28. The topological polar surface area (TPSA) is 47.4 Å². The average molecular weight is 281 g/mol. The van der Waals surface area contributed by atoms with Crippen molar-refractivity contribution in [3.8, 4) is 0 Å². The van der Waals surface area contributed by atoms with Crippen molar-refractivity contribution in [2.24, 2.45) is 7.05 Å². The third-order valence-corrected chi connectivity index (χ3v) is 4.49. The second kappa shape index (κ2) is 4.84. The van der Waals surface area contributed by atoms with Gasteiger partial charge in [-0.2, -0.15) is 5.10 Å². The van der Waals surface area contributed by atoms with Crippen molar-refractivity contribution >= 4 is 5.91 Å². The normalized spacial score (nSPS) is 24.1. The lowest BCUT2D eigenvalue weighted by molar-refractivity contribution is -0.154. The van der Waals surface area contributed by atoms with Gasteiger partial charge in [0.05, 0.1) is 24.5 Å². The van der Waals surface area contributed by atoms with Gasteiger partial charge in [-0.1, -0.05) is 0 Å². The van der Waals surface area contributed by atoms with E-state index in [0.29, 0.717) is 26.0 Å². The Bertz CT molecular complexity index is 524. The van der Waals surface area contributed by atoms with Gasteiger partial charge in [0, 0.05) is 20.7 Å². The Balaban J connectivity index is 1.91. The van der Waals surface area contributed by atoms with Crippen molar-refractivity contribution in [2.75, 3.05) is 20.3 Å². The Morgan fingerprint density at radius 3 is 2.95 bits per heavy atom. The Morgan fingerprint density at radius 2 is 2.35 bits per heavy atom. The predicted molar refractivity (Wildman–Crippen MR) is 70.9 cm³/mol. The second-order valence-electron chi connectivity index (χ2n) is 5.72. The number of hydrogen-bond donors (Lipinski definition) is 0. The number of aromatic nitrogens is 2. The van der Waals surface area contributed by atoms with Crippen LogP contribution < -0.4 is 0 Å². The maximum atomic E-state index is 14.4. The summed E-state index contributed by atoms with van der Waals surface area (Å²) in [5.41, 5.74) is 0.441. The van der Waals surface area contributed by atoms with Crippen molar-refractivity contribution < 1.29 is 13.9 Å². The molecule has 1 fully saturated rings. The van der Waals surface area contributed by atoms with E-state index in [1.54, 1.807) is 16.7 Å². The minimum atomic E-state index is -1.65. The minimum Gasteiger partial charge on any atom is -0.382 e. The molecule has 1 aliphatic carbocycles. The van der Waals surface area contributed by atoms with Gasteiger partial charge in [0.1, 0.15) is 0 Å². The molecule has 2 heterocycles. The third-order valence-electron chi connectivity index (χ3n) is 4.49. The van der Waals surface area contributed by atoms with Crippen molar-refractivity contribution in [1.82, 2.24) is 14.7 Å². The van der Waals surface area contributed by atoms with Crippen LogP contribution in [-0.2, 0) is 23.0 Å². The van der Waals surface area contributed by atoms with Gasteiger partial charge < -0.3 is 9.64 Å². The zero-order valence-corrected chi connectivity index (χ0v) is 11.9. The van der Waals surface area contributed by atoms with Gasteiger partial charge in [0.25, 0.3) is 5.91 Å². The van der Waals surface area contributed by atoms with Crippen LogP contribution in [0, 0.1) is 0 Å². The SMILES string of the molecule is COCC1c2c(cnn2C)CCN1C(=O)C1(F)CCC1. The lowest BCUT2D eigenvalue weighted by Crippen LogP contribution is -2.54. The van der Waals surface area contributed by atoms with E-state index in [1.807, 2.05) is 13.2 Å². The molecule has 20 heavy (non-hydrogen) atoms. The van der Waals surface area contributed by atoms with Gasteiger partial charge in [0.2, 0.25) is 0 Å². The van der Waals surface area contributed by atoms with E-state index < -0.39 is 5.67 Å². The van der Waals surface area contributed by atoms with Gasteiger partial charge in [-0.15, -0.1) is 0 Å². The molecule has 110 valence electrons. The predicted octanol–water partition coefficient (Wildman–Crippen LogP) is 1.38. The number of amides is 1. The van der Waals surface area contributed by atoms with E-state index in [0.717, 1.165) is 24.1 Å². The Morgan fingerprint density at radius 1 is 1.60 bits per heavy atom. The molecule has 1 unspecified atom stereocenters. The molecule has 1 aliphatic heterocycles. The first kappa shape index (κ1) is 13.5. The molecule has 0 aromatic carbocycles. The number of rotatable bonds is 3. The number of nitrogens with zero attached hydrogens (tertiary/aromatic N) is 3. The van der Waals surface area contributed by atoms with Gasteiger partial charge >= 0.3 is 0 Å². The summed E-state index contributed by atoms with van der Waals surface area (Å²) < 4.78 is 21.5. The molecule has 5 nitrogen and oxygen atoms in total. The molecule has 0 radical (unpaired) electrons. The van der Waals surface area contributed by atoms with E-state index in [2.05, 4.69) is 5.10 Å². The second-order valence-corrected chi connectivity index (χ2v) is 5.72. The molecule has 1 amide bonds. The Hall–Kier alpha value is -1.43. The van der Waals surface area contributed by atoms with Gasteiger partial charge in [-0.25, -0.2) is 4.39 Å². The molecule has 6 heteroatoms. The maximum absolute atomic E-state index is 14.4. The van der Waals surface area contributed by atoms with Crippen LogP contribution in [0.25, 0.3) is 0 Å². The van der Waals surface area contributed by atoms with Gasteiger partial charge in [-0.3, -0.25) is 9.48 Å². The monoisotopic (exact) mass is 281 g/mol. The summed E-state index contributed by atoms with van der Waals surface area (Å²) in [4.78, 5) is 14.1. The fourth-order valence-corrected chi connectivity index (χ4v) is 3.19. The Labute approximate surface area is 117 Å². The van der Waals surface area contributed by atoms with E-state index in [-0.39, 0.29) is 11.9 Å². The first-order valence-electron chi connectivity index (χ1n) is 7.06. The minimum absolute atomic E-state index is 0.239. The highest BCUT2D eigenvalue weighted by molar-refractivity contribution is 5.86. The van der Waals surface area contributed by atoms with Crippen LogP contribution in [0.4, 0.5) is 4.39 Å². The van der Waals surface area contributed by atoms with Crippen molar-refractivity contribution in [1.29, 1.82) is 0 Å². The summed E-state index contributed by atoms with van der Waals surface area (Å²) >= 11 is 0. The van der Waals surface area contributed by atoms with E-state index in [4.69, 9.17) is 4.74 Å². The first-order valence-corrected chi connectivity index (χ1v) is 7.06. The quantitative estimate of drug-likeness (QED) is 0.841. The van der Waals surface area contributed by atoms with Crippen molar-refractivity contribution in [3.63, 3.8) is 0 Å². The van der Waals surface area contributed by atoms with Gasteiger partial charge in [-0.05, 0) is 31.2 Å². The van der Waals surface area contributed by atoms with Crippen LogP contribution in [0.1, 0.15) is 36.6 Å². The van der Waals surface area contributed by atoms with Crippen molar-refractivity contribution in [3.05, 3.63) is 17.5 Å². The standard InChI is InChI=1S/C14H20FN3O2/c1-17-12-10(8-16-17)4-7-18(11(12)9-20-2)13(19)14(15)5-3-6-14/h8,11H,3-7,9H2,1-2H3. The molecule has 1 aromatic heterocycles. The molecule has 0 saturated heterocycles. The number of carbonyl (C=O) groups excluding carboxylic acids is 1.